The van der Waals surface area contributed by atoms with Gasteiger partial charge in [-0.2, -0.15) is 5.10 Å². The molecule has 1 aliphatic rings. The molecule has 1 amide bonds. The minimum Gasteiger partial charge on any atom is -0.492 e. The number of amides is 1. The number of para-hydroxylation sites is 1. The molecule has 0 spiro atoms. The van der Waals surface area contributed by atoms with Gasteiger partial charge in [0.15, 0.2) is 11.4 Å². The van der Waals surface area contributed by atoms with E-state index in [9.17, 15) is 4.79 Å². The van der Waals surface area contributed by atoms with Crippen LogP contribution in [0.2, 0.25) is 10.0 Å². The monoisotopic (exact) mass is 458 g/mol. The van der Waals surface area contributed by atoms with E-state index in [0.717, 1.165) is 31.5 Å². The van der Waals surface area contributed by atoms with Crippen molar-refractivity contribution >= 4 is 29.1 Å². The third kappa shape index (κ3) is 4.71. The number of ether oxygens (including phenoxy) is 1. The molecule has 2 aromatic carbocycles. The van der Waals surface area contributed by atoms with Crippen LogP contribution in [0.4, 0.5) is 0 Å². The number of rotatable bonds is 5. The molecule has 6 nitrogen and oxygen atoms in total. The van der Waals surface area contributed by atoms with Crippen LogP contribution in [0.15, 0.2) is 48.5 Å². The van der Waals surface area contributed by atoms with Crippen LogP contribution in [-0.2, 0) is 0 Å². The summed E-state index contributed by atoms with van der Waals surface area (Å²) in [5, 5.41) is 7.73. The van der Waals surface area contributed by atoms with Crippen LogP contribution in [0.1, 0.15) is 36.2 Å². The molecule has 0 saturated carbocycles. The van der Waals surface area contributed by atoms with Crippen molar-refractivity contribution in [1.29, 1.82) is 0 Å². The van der Waals surface area contributed by atoms with Crippen LogP contribution >= 0.6 is 23.2 Å². The summed E-state index contributed by atoms with van der Waals surface area (Å²) in [5.41, 5.74) is 5.30. The Morgan fingerprint density at radius 3 is 2.32 bits per heavy atom. The van der Waals surface area contributed by atoms with Crippen LogP contribution in [0, 0.1) is 0 Å². The van der Waals surface area contributed by atoms with E-state index >= 15 is 0 Å². The summed E-state index contributed by atoms with van der Waals surface area (Å²) in [5.74, 6) is 0.0781. The third-order valence-corrected chi connectivity index (χ3v) is 5.90. The summed E-state index contributed by atoms with van der Waals surface area (Å²) in [4.78, 5) is 13.2. The first-order valence-corrected chi connectivity index (χ1v) is 11.1. The molecule has 1 aromatic heterocycles. The Labute approximate surface area is 191 Å². The van der Waals surface area contributed by atoms with Crippen molar-refractivity contribution in [2.45, 2.75) is 25.7 Å². The fourth-order valence-electron chi connectivity index (χ4n) is 3.78. The van der Waals surface area contributed by atoms with Crippen molar-refractivity contribution in [3.8, 4) is 22.7 Å². The third-order valence-electron chi connectivity index (χ3n) is 5.33. The first-order valence-electron chi connectivity index (χ1n) is 10.3. The van der Waals surface area contributed by atoms with Gasteiger partial charge in [-0.15, -0.1) is 0 Å². The van der Waals surface area contributed by atoms with Crippen molar-refractivity contribution in [1.82, 2.24) is 20.2 Å². The Hall–Kier alpha value is -2.54. The van der Waals surface area contributed by atoms with Gasteiger partial charge in [-0.1, -0.05) is 60.3 Å². The molecule has 0 atom stereocenters. The molecule has 1 N–H and O–H groups in total. The van der Waals surface area contributed by atoms with E-state index in [1.165, 1.54) is 20.0 Å². The number of halogens is 2. The Balaban J connectivity index is 1.80. The Morgan fingerprint density at radius 1 is 1.00 bits per heavy atom. The highest BCUT2D eigenvalue weighted by Crippen LogP contribution is 2.37. The highest BCUT2D eigenvalue weighted by Gasteiger charge is 2.27. The maximum Gasteiger partial charge on any atom is 0.289 e. The van der Waals surface area contributed by atoms with Crippen LogP contribution in [-0.4, -0.2) is 40.9 Å². The van der Waals surface area contributed by atoms with E-state index in [-0.39, 0.29) is 11.6 Å². The first-order chi connectivity index (χ1) is 15.1. The van der Waals surface area contributed by atoms with Gasteiger partial charge in [0.05, 0.1) is 17.8 Å². The highest BCUT2D eigenvalue weighted by atomic mass is 35.5. The number of carbonyl (C=O) groups excluding carboxylic acids is 1. The van der Waals surface area contributed by atoms with Gasteiger partial charge in [0.25, 0.3) is 5.91 Å². The average Bonchev–Trinajstić information content (AvgIpc) is 2.97. The second-order valence-corrected chi connectivity index (χ2v) is 8.29. The predicted octanol–water partition coefficient (Wildman–Crippen LogP) is 5.38. The first kappa shape index (κ1) is 21.7. The number of nitrogens with one attached hydrogen (secondary N) is 1. The number of benzene rings is 2. The second kappa shape index (κ2) is 9.73. The molecule has 1 aliphatic heterocycles. The number of hydrogen-bond donors (Lipinski definition) is 1. The molecule has 0 bridgehead atoms. The number of hydrazine groups is 1. The highest BCUT2D eigenvalue weighted by molar-refractivity contribution is 6.32. The van der Waals surface area contributed by atoms with Gasteiger partial charge >= 0.3 is 0 Å². The van der Waals surface area contributed by atoms with Crippen molar-refractivity contribution in [3.05, 3.63) is 64.3 Å². The lowest BCUT2D eigenvalue weighted by Crippen LogP contribution is -2.43. The summed E-state index contributed by atoms with van der Waals surface area (Å²) < 4.78 is 7.35. The maximum absolute atomic E-state index is 13.2. The molecule has 1 fully saturated rings. The molecule has 1 saturated heterocycles. The van der Waals surface area contributed by atoms with E-state index in [1.807, 2.05) is 35.3 Å². The summed E-state index contributed by atoms with van der Waals surface area (Å²) in [6.07, 6.45) is 4.47. The van der Waals surface area contributed by atoms with Crippen LogP contribution in [0.5, 0.6) is 5.75 Å². The van der Waals surface area contributed by atoms with Gasteiger partial charge in [-0.3, -0.25) is 10.2 Å². The lowest BCUT2D eigenvalue weighted by molar-refractivity contribution is 0.0785. The minimum atomic E-state index is -0.306. The number of methoxy groups -OCH3 is 1. The molecule has 0 aliphatic carbocycles. The van der Waals surface area contributed by atoms with Gasteiger partial charge in [-0.05, 0) is 37.1 Å². The topological polar surface area (TPSA) is 59.4 Å². The lowest BCUT2D eigenvalue weighted by atomic mass is 10.1. The number of hydrogen-bond acceptors (Lipinski definition) is 4. The number of nitrogens with zero attached hydrogens (tertiary/aromatic N) is 3. The minimum absolute atomic E-state index is 0.205. The zero-order chi connectivity index (χ0) is 21.8. The Bertz CT molecular complexity index is 1060. The fourth-order valence-corrected chi connectivity index (χ4v) is 4.13. The number of aromatic nitrogens is 2. The fraction of sp³-hybridized carbons (Fsp3) is 0.304. The molecule has 31 heavy (non-hydrogen) atoms. The molecular weight excluding hydrogens is 435 g/mol. The predicted molar refractivity (Wildman–Crippen MR) is 123 cm³/mol. The van der Waals surface area contributed by atoms with E-state index < -0.39 is 0 Å². The summed E-state index contributed by atoms with van der Waals surface area (Å²) in [6, 6.07) is 14.7. The van der Waals surface area contributed by atoms with E-state index in [0.29, 0.717) is 27.2 Å². The molecule has 162 valence electrons. The zero-order valence-corrected chi connectivity index (χ0v) is 18.8. The van der Waals surface area contributed by atoms with Crippen molar-refractivity contribution in [3.63, 3.8) is 0 Å². The van der Waals surface area contributed by atoms with E-state index in [2.05, 4.69) is 10.5 Å². The van der Waals surface area contributed by atoms with E-state index in [4.69, 9.17) is 27.9 Å². The summed E-state index contributed by atoms with van der Waals surface area (Å²) >= 11 is 12.6. The SMILES string of the molecule is COc1c(C(=O)NN2CCCCCC2)nn(-c2ccccc2Cl)c1-c1ccc(Cl)cc1. The van der Waals surface area contributed by atoms with Crippen molar-refractivity contribution < 1.29 is 9.53 Å². The molecule has 4 rings (SSSR count). The van der Waals surface area contributed by atoms with Crippen LogP contribution in [0.3, 0.4) is 0 Å². The van der Waals surface area contributed by atoms with Crippen molar-refractivity contribution in [2.24, 2.45) is 0 Å². The van der Waals surface area contributed by atoms with Gasteiger partial charge in [-0.25, -0.2) is 9.69 Å². The molecule has 0 unspecified atom stereocenters. The largest absolute Gasteiger partial charge is 0.492 e. The quantitative estimate of drug-likeness (QED) is 0.557. The second-order valence-electron chi connectivity index (χ2n) is 7.44. The molecule has 2 heterocycles. The molecule has 8 heteroatoms. The lowest BCUT2D eigenvalue weighted by Gasteiger charge is -2.20. The maximum atomic E-state index is 13.2. The van der Waals surface area contributed by atoms with Crippen LogP contribution < -0.4 is 10.2 Å². The molecule has 0 radical (unpaired) electrons. The normalized spacial score (nSPS) is 14.8. The average molecular weight is 459 g/mol. The molecule has 3 aromatic rings. The van der Waals surface area contributed by atoms with Gasteiger partial charge in [0.2, 0.25) is 0 Å². The van der Waals surface area contributed by atoms with Gasteiger partial charge < -0.3 is 4.74 Å². The smallest absolute Gasteiger partial charge is 0.289 e. The van der Waals surface area contributed by atoms with E-state index in [1.54, 1.807) is 22.9 Å². The van der Waals surface area contributed by atoms with Gasteiger partial charge in [0, 0.05) is 23.7 Å². The molecular formula is C23H24Cl2N4O2. The summed E-state index contributed by atoms with van der Waals surface area (Å²) in [7, 11) is 1.54. The van der Waals surface area contributed by atoms with Gasteiger partial charge in [0.1, 0.15) is 5.69 Å². The Morgan fingerprint density at radius 2 is 1.68 bits per heavy atom. The summed E-state index contributed by atoms with van der Waals surface area (Å²) in [6.45, 7) is 1.65. The van der Waals surface area contributed by atoms with Crippen LogP contribution in [0.25, 0.3) is 16.9 Å². The van der Waals surface area contributed by atoms with Crippen molar-refractivity contribution in [2.75, 3.05) is 20.2 Å². The zero-order valence-electron chi connectivity index (χ0n) is 17.3. The Kier molecular flexibility index (Phi) is 6.80. The standard InChI is InChI=1S/C23H24Cl2N4O2/c1-31-22-20(23(30)27-28-14-6-2-3-7-15-28)26-29(19-9-5-4-8-18(19)25)21(22)16-10-12-17(24)13-11-16/h4-5,8-13H,2-3,6-7,14-15H2,1H3,(H,27,30). The number of carbonyl (C=O) groups is 1.